The second-order valence-corrected chi connectivity index (χ2v) is 6.05. The lowest BCUT2D eigenvalue weighted by molar-refractivity contribution is 0.487. The van der Waals surface area contributed by atoms with E-state index in [4.69, 9.17) is 0 Å². The van der Waals surface area contributed by atoms with E-state index < -0.39 is 10.0 Å². The molecule has 0 bridgehead atoms. The van der Waals surface area contributed by atoms with Gasteiger partial charge in [0, 0.05) is 12.3 Å². The second kappa shape index (κ2) is 4.48. The first kappa shape index (κ1) is 10.3. The number of sulfonamides is 1. The molecule has 3 nitrogen and oxygen atoms in total. The van der Waals surface area contributed by atoms with Gasteiger partial charge in [-0.1, -0.05) is 13.3 Å². The van der Waals surface area contributed by atoms with Crippen LogP contribution in [0.2, 0.25) is 0 Å². The molecular weight excluding hydrogens is 194 g/mol. The Hall–Kier alpha value is 0.260. The molecular formula is C7H15NO2S2. The molecule has 0 amide bonds. The van der Waals surface area contributed by atoms with Gasteiger partial charge >= 0.3 is 0 Å². The summed E-state index contributed by atoms with van der Waals surface area (Å²) in [7, 11) is -2.91. The third-order valence-corrected chi connectivity index (χ3v) is 4.90. The van der Waals surface area contributed by atoms with Crippen molar-refractivity contribution >= 4 is 21.8 Å². The van der Waals surface area contributed by atoms with Gasteiger partial charge in [-0.15, -0.1) is 11.8 Å². The smallest absolute Gasteiger partial charge is 0.212 e. The maximum atomic E-state index is 11.5. The fourth-order valence-electron chi connectivity index (χ4n) is 1.07. The zero-order valence-corrected chi connectivity index (χ0v) is 8.96. The van der Waals surface area contributed by atoms with Crippen molar-refractivity contribution in [2.24, 2.45) is 0 Å². The van der Waals surface area contributed by atoms with Crippen LogP contribution < -0.4 is 0 Å². The minimum absolute atomic E-state index is 0.323. The van der Waals surface area contributed by atoms with Gasteiger partial charge in [0.25, 0.3) is 0 Å². The van der Waals surface area contributed by atoms with Crippen LogP contribution in [0.3, 0.4) is 0 Å². The molecule has 0 atom stereocenters. The highest BCUT2D eigenvalue weighted by Gasteiger charge is 2.24. The fourth-order valence-corrected chi connectivity index (χ4v) is 4.15. The summed E-state index contributed by atoms with van der Waals surface area (Å²) in [5, 5.41) is 0. The SMILES string of the molecule is CCCCS(=O)(=O)N1CCSC1. The van der Waals surface area contributed by atoms with Crippen molar-refractivity contribution in [2.45, 2.75) is 19.8 Å². The topological polar surface area (TPSA) is 37.4 Å². The van der Waals surface area contributed by atoms with Crippen molar-refractivity contribution in [1.82, 2.24) is 4.31 Å². The Morgan fingerprint density at radius 3 is 2.75 bits per heavy atom. The quantitative estimate of drug-likeness (QED) is 0.696. The van der Waals surface area contributed by atoms with Crippen LogP contribution in [0.15, 0.2) is 0 Å². The van der Waals surface area contributed by atoms with Crippen LogP contribution in [0.4, 0.5) is 0 Å². The monoisotopic (exact) mass is 209 g/mol. The average molecular weight is 209 g/mol. The maximum absolute atomic E-state index is 11.5. The summed E-state index contributed by atoms with van der Waals surface area (Å²) in [6.07, 6.45) is 1.73. The van der Waals surface area contributed by atoms with Crippen molar-refractivity contribution in [2.75, 3.05) is 23.9 Å². The third-order valence-electron chi connectivity index (χ3n) is 1.87. The van der Waals surface area contributed by atoms with Gasteiger partial charge in [-0.2, -0.15) is 4.31 Å². The zero-order valence-electron chi connectivity index (χ0n) is 7.32. The summed E-state index contributed by atoms with van der Waals surface area (Å²) >= 11 is 1.69. The van der Waals surface area contributed by atoms with Crippen LogP contribution in [0.1, 0.15) is 19.8 Å². The highest BCUT2D eigenvalue weighted by molar-refractivity contribution is 8.00. The van der Waals surface area contributed by atoms with E-state index in [1.54, 1.807) is 16.1 Å². The van der Waals surface area contributed by atoms with E-state index in [9.17, 15) is 8.42 Å². The first-order chi connectivity index (χ1) is 5.67. The fraction of sp³-hybridized carbons (Fsp3) is 1.00. The number of hydrogen-bond acceptors (Lipinski definition) is 3. The van der Waals surface area contributed by atoms with Crippen LogP contribution in [0.25, 0.3) is 0 Å². The first-order valence-electron chi connectivity index (χ1n) is 4.22. The Labute approximate surface area is 78.6 Å². The molecule has 72 valence electrons. The van der Waals surface area contributed by atoms with E-state index in [2.05, 4.69) is 0 Å². The lowest BCUT2D eigenvalue weighted by Crippen LogP contribution is -2.30. The van der Waals surface area contributed by atoms with E-state index >= 15 is 0 Å². The van der Waals surface area contributed by atoms with Crippen molar-refractivity contribution in [3.63, 3.8) is 0 Å². The zero-order chi connectivity index (χ0) is 9.03. The molecule has 0 spiro atoms. The molecule has 1 heterocycles. The number of thioether (sulfide) groups is 1. The highest BCUT2D eigenvalue weighted by atomic mass is 32.2. The predicted octanol–water partition coefficient (Wildman–Crippen LogP) is 1.12. The molecule has 0 N–H and O–H groups in total. The molecule has 0 aromatic carbocycles. The molecule has 0 aliphatic carbocycles. The summed E-state index contributed by atoms with van der Waals surface area (Å²) < 4.78 is 24.6. The van der Waals surface area contributed by atoms with E-state index in [1.807, 2.05) is 6.92 Å². The van der Waals surface area contributed by atoms with E-state index in [0.29, 0.717) is 18.2 Å². The Balaban J connectivity index is 2.46. The number of nitrogens with zero attached hydrogens (tertiary/aromatic N) is 1. The van der Waals surface area contributed by atoms with Gasteiger partial charge in [0.2, 0.25) is 10.0 Å². The second-order valence-electron chi connectivity index (χ2n) is 2.88. The molecule has 0 saturated carbocycles. The minimum Gasteiger partial charge on any atom is -0.212 e. The van der Waals surface area contributed by atoms with Crippen molar-refractivity contribution < 1.29 is 8.42 Å². The third kappa shape index (κ3) is 2.64. The molecule has 1 rings (SSSR count). The van der Waals surface area contributed by atoms with Crippen molar-refractivity contribution in [1.29, 1.82) is 0 Å². The highest BCUT2D eigenvalue weighted by Crippen LogP contribution is 2.17. The molecule has 0 radical (unpaired) electrons. The van der Waals surface area contributed by atoms with Crippen LogP contribution in [0.5, 0.6) is 0 Å². The summed E-state index contributed by atoms with van der Waals surface area (Å²) in [6.45, 7) is 2.71. The minimum atomic E-state index is -2.91. The standard InChI is InChI=1S/C7H15NO2S2/c1-2-3-6-12(9,10)8-4-5-11-7-8/h2-7H2,1H3. The molecule has 1 aliphatic rings. The summed E-state index contributed by atoms with van der Waals surface area (Å²) in [5.41, 5.74) is 0. The van der Waals surface area contributed by atoms with Crippen LogP contribution in [0, 0.1) is 0 Å². The molecule has 0 aromatic rings. The molecule has 1 aliphatic heterocycles. The van der Waals surface area contributed by atoms with E-state index in [1.165, 1.54) is 0 Å². The van der Waals surface area contributed by atoms with E-state index in [0.717, 1.165) is 18.6 Å². The Bertz CT molecular complexity index is 220. The molecule has 1 fully saturated rings. The summed E-state index contributed by atoms with van der Waals surface area (Å²) in [6, 6.07) is 0. The Kier molecular flexibility index (Phi) is 3.86. The molecule has 5 heteroatoms. The molecule has 12 heavy (non-hydrogen) atoms. The van der Waals surface area contributed by atoms with Crippen molar-refractivity contribution in [3.8, 4) is 0 Å². The van der Waals surface area contributed by atoms with E-state index in [-0.39, 0.29) is 0 Å². The van der Waals surface area contributed by atoms with Crippen LogP contribution in [-0.4, -0.2) is 36.7 Å². The van der Waals surface area contributed by atoms with Gasteiger partial charge in [0.05, 0.1) is 11.6 Å². The first-order valence-corrected chi connectivity index (χ1v) is 6.99. The van der Waals surface area contributed by atoms with Gasteiger partial charge in [-0.05, 0) is 6.42 Å². The van der Waals surface area contributed by atoms with Gasteiger partial charge in [0.15, 0.2) is 0 Å². The normalized spacial score (nSPS) is 20.1. The van der Waals surface area contributed by atoms with Gasteiger partial charge in [0.1, 0.15) is 0 Å². The number of unbranched alkanes of at least 4 members (excludes halogenated alkanes) is 1. The van der Waals surface area contributed by atoms with Crippen LogP contribution >= 0.6 is 11.8 Å². The average Bonchev–Trinajstić information content (AvgIpc) is 2.53. The lowest BCUT2D eigenvalue weighted by Gasteiger charge is -2.13. The molecule has 0 unspecified atom stereocenters. The number of rotatable bonds is 4. The molecule has 0 aromatic heterocycles. The Morgan fingerprint density at radius 1 is 1.50 bits per heavy atom. The van der Waals surface area contributed by atoms with Crippen LogP contribution in [-0.2, 0) is 10.0 Å². The van der Waals surface area contributed by atoms with Gasteiger partial charge < -0.3 is 0 Å². The predicted molar refractivity (Wildman–Crippen MR) is 52.7 cm³/mol. The largest absolute Gasteiger partial charge is 0.214 e. The Morgan fingerprint density at radius 2 is 2.25 bits per heavy atom. The molecule has 1 saturated heterocycles. The summed E-state index contributed by atoms with van der Waals surface area (Å²) in [4.78, 5) is 0. The van der Waals surface area contributed by atoms with Crippen molar-refractivity contribution in [3.05, 3.63) is 0 Å². The summed E-state index contributed by atoms with van der Waals surface area (Å²) in [5.74, 6) is 1.93. The van der Waals surface area contributed by atoms with Gasteiger partial charge in [-0.3, -0.25) is 0 Å². The maximum Gasteiger partial charge on any atom is 0.214 e. The number of hydrogen-bond donors (Lipinski definition) is 0. The lowest BCUT2D eigenvalue weighted by atomic mass is 10.4. The van der Waals surface area contributed by atoms with Gasteiger partial charge in [-0.25, -0.2) is 8.42 Å².